The lowest BCUT2D eigenvalue weighted by Gasteiger charge is -2.40. The average molecular weight is 883 g/mol. The van der Waals surface area contributed by atoms with Gasteiger partial charge in [0.15, 0.2) is 5.69 Å². The molecule has 68 heavy (non-hydrogen) atoms. The number of nitrogens with zero attached hydrogens (tertiary/aromatic N) is 6. The normalized spacial score (nSPS) is 13.0. The topological polar surface area (TPSA) is 63.8 Å². The molecule has 1 aliphatic carbocycles. The molecular weight excluding hydrogens is 849 g/mol. The lowest BCUT2D eigenvalue weighted by Crippen LogP contribution is -2.32. The lowest BCUT2D eigenvalue weighted by atomic mass is 9.67. The van der Waals surface area contributed by atoms with Gasteiger partial charge in [0.2, 0.25) is 0 Å². The number of pyridine rings is 2. The van der Waals surface area contributed by atoms with E-state index in [1.54, 1.807) is 0 Å². The van der Waals surface area contributed by atoms with Crippen LogP contribution in [0.25, 0.3) is 93.5 Å². The molecule has 12 aromatic rings. The summed E-state index contributed by atoms with van der Waals surface area (Å²) in [6, 6.07) is 71.1. The van der Waals surface area contributed by atoms with Crippen LogP contribution in [0.5, 0.6) is 0 Å². The highest BCUT2D eigenvalue weighted by Crippen LogP contribution is 2.63. The Morgan fingerprint density at radius 1 is 0.485 bits per heavy atom. The Morgan fingerprint density at radius 3 is 1.68 bits per heavy atom. The van der Waals surface area contributed by atoms with Gasteiger partial charge in [-0.3, -0.25) is 9.97 Å². The molecule has 2 aliphatic rings. The second kappa shape index (κ2) is 14.5. The van der Waals surface area contributed by atoms with Crippen molar-refractivity contribution in [2.75, 3.05) is 0 Å². The third-order valence-corrected chi connectivity index (χ3v) is 15.3. The maximum absolute atomic E-state index is 9.99. The molecule has 0 radical (unpaired) electrons. The van der Waals surface area contributed by atoms with Gasteiger partial charge >= 0.3 is 0 Å². The highest BCUT2D eigenvalue weighted by molar-refractivity contribution is 7.99. The fraction of sp³-hybridized carbons (Fsp3) is 0.0164. The van der Waals surface area contributed by atoms with Crippen LogP contribution in [0.15, 0.2) is 216 Å². The number of hydrogen-bond donors (Lipinski definition) is 0. The monoisotopic (exact) mass is 882 g/mol. The first kappa shape index (κ1) is 38.3. The maximum Gasteiger partial charge on any atom is 0.188 e. The molecule has 6 nitrogen and oxygen atoms in total. The molecule has 5 heterocycles. The van der Waals surface area contributed by atoms with Gasteiger partial charge < -0.3 is 9.13 Å². The molecule has 0 amide bonds. The maximum atomic E-state index is 9.99. The van der Waals surface area contributed by atoms with Gasteiger partial charge in [-0.25, -0.2) is 4.85 Å². The molecule has 0 saturated heterocycles. The Morgan fingerprint density at radius 2 is 1.03 bits per heavy atom. The zero-order chi connectivity index (χ0) is 45.1. The van der Waals surface area contributed by atoms with Gasteiger partial charge in [-0.15, -0.1) is 0 Å². The van der Waals surface area contributed by atoms with Gasteiger partial charge in [-0.1, -0.05) is 103 Å². The van der Waals surface area contributed by atoms with Gasteiger partial charge in [0.25, 0.3) is 0 Å². The van der Waals surface area contributed by atoms with Gasteiger partial charge in [0, 0.05) is 49.7 Å². The van der Waals surface area contributed by atoms with Crippen LogP contribution in [0.2, 0.25) is 0 Å². The summed E-state index contributed by atoms with van der Waals surface area (Å²) in [6.07, 6.45) is 3.75. The Hall–Kier alpha value is -9.01. The Kier molecular flexibility index (Phi) is 8.16. The predicted molar refractivity (Wildman–Crippen MR) is 274 cm³/mol. The first-order chi connectivity index (χ1) is 33.6. The smallest absolute Gasteiger partial charge is 0.188 e. The molecule has 14 rings (SSSR count). The average Bonchev–Trinajstić information content (AvgIpc) is 4.02. The minimum Gasteiger partial charge on any atom is -0.309 e. The first-order valence-corrected chi connectivity index (χ1v) is 23.4. The van der Waals surface area contributed by atoms with Crippen LogP contribution in [0, 0.1) is 17.9 Å². The van der Waals surface area contributed by atoms with E-state index in [9.17, 15) is 5.26 Å². The van der Waals surface area contributed by atoms with E-state index < -0.39 is 5.41 Å². The van der Waals surface area contributed by atoms with E-state index >= 15 is 0 Å². The van der Waals surface area contributed by atoms with Crippen LogP contribution in [-0.4, -0.2) is 19.1 Å². The Labute approximate surface area is 395 Å². The molecule has 0 bridgehead atoms. The van der Waals surface area contributed by atoms with Crippen molar-refractivity contribution in [3.05, 3.63) is 246 Å². The van der Waals surface area contributed by atoms with E-state index in [2.05, 4.69) is 178 Å². The lowest BCUT2D eigenvalue weighted by molar-refractivity contribution is 0.720. The third kappa shape index (κ3) is 5.28. The molecule has 0 unspecified atom stereocenters. The number of fused-ring (bicyclic) bond motifs is 15. The van der Waals surface area contributed by atoms with Crippen LogP contribution in [-0.2, 0) is 5.41 Å². The number of nitriles is 1. The molecule has 0 fully saturated rings. The Bertz CT molecular complexity index is 4160. The summed E-state index contributed by atoms with van der Waals surface area (Å²) in [6.45, 7) is 7.88. The number of aromatic nitrogens is 4. The van der Waals surface area contributed by atoms with Gasteiger partial charge in [-0.05, 0) is 153 Å². The number of hydrogen-bond acceptors (Lipinski definition) is 4. The summed E-state index contributed by atoms with van der Waals surface area (Å²) in [5, 5.41) is 14.3. The summed E-state index contributed by atoms with van der Waals surface area (Å²) in [5.74, 6) is 0. The molecule has 314 valence electrons. The quantitative estimate of drug-likeness (QED) is 0.165. The van der Waals surface area contributed by atoms with Gasteiger partial charge in [-0.2, -0.15) is 5.26 Å². The largest absolute Gasteiger partial charge is 0.309 e. The van der Waals surface area contributed by atoms with Crippen LogP contribution >= 0.6 is 11.8 Å². The molecule has 7 heteroatoms. The van der Waals surface area contributed by atoms with Crippen molar-refractivity contribution in [3.8, 4) is 51.1 Å². The van der Waals surface area contributed by atoms with E-state index in [1.807, 2.05) is 60.6 Å². The SMILES string of the molecule is [C-]#[N+]c1ccc2c(c1)c1cc(-c3cccc4c3Sc3ccc(-c5ccc6c(c5)c5cc(C#N)ccc5n6-c5ccccc5)cc3C43c4cccnc4-c4ncccc43)ccc1n2-c1ccccc1. The van der Waals surface area contributed by atoms with Gasteiger partial charge in [0.05, 0.1) is 57.1 Å². The van der Waals surface area contributed by atoms with Crippen molar-refractivity contribution in [1.82, 2.24) is 19.1 Å². The molecule has 0 N–H and O–H groups in total. The minimum absolute atomic E-state index is 0.619. The van der Waals surface area contributed by atoms with Crippen molar-refractivity contribution in [2.45, 2.75) is 15.2 Å². The number of benzene rings is 8. The van der Waals surface area contributed by atoms with E-state index in [0.717, 1.165) is 99.8 Å². The molecule has 1 spiro atoms. The van der Waals surface area contributed by atoms with E-state index in [-0.39, 0.29) is 0 Å². The summed E-state index contributed by atoms with van der Waals surface area (Å²) < 4.78 is 4.59. The first-order valence-electron chi connectivity index (χ1n) is 22.6. The Balaban J connectivity index is 0.996. The summed E-state index contributed by atoms with van der Waals surface area (Å²) in [7, 11) is 0. The molecule has 4 aromatic heterocycles. The van der Waals surface area contributed by atoms with E-state index in [1.165, 1.54) is 20.9 Å². The van der Waals surface area contributed by atoms with E-state index in [4.69, 9.17) is 16.5 Å². The predicted octanol–water partition coefficient (Wildman–Crippen LogP) is 15.3. The summed E-state index contributed by atoms with van der Waals surface area (Å²) >= 11 is 1.82. The van der Waals surface area contributed by atoms with Crippen LogP contribution < -0.4 is 0 Å². The van der Waals surface area contributed by atoms with Crippen molar-refractivity contribution < 1.29 is 0 Å². The second-order valence-electron chi connectivity index (χ2n) is 17.5. The summed E-state index contributed by atoms with van der Waals surface area (Å²) in [5.41, 5.74) is 17.8. The van der Waals surface area contributed by atoms with Gasteiger partial charge in [0.1, 0.15) is 0 Å². The molecule has 0 atom stereocenters. The highest BCUT2D eigenvalue weighted by atomic mass is 32.2. The minimum atomic E-state index is -0.720. The van der Waals surface area contributed by atoms with Crippen molar-refractivity contribution in [2.24, 2.45) is 0 Å². The van der Waals surface area contributed by atoms with Crippen LogP contribution in [0.4, 0.5) is 5.69 Å². The molecular formula is C61H34N6S. The highest BCUT2D eigenvalue weighted by Gasteiger charge is 2.52. The number of rotatable bonds is 4. The molecule has 0 saturated carbocycles. The van der Waals surface area contributed by atoms with Crippen molar-refractivity contribution in [1.29, 1.82) is 5.26 Å². The standard InChI is InChI=1S/C61H34N6S/c1-63-41-23-27-56-48(35-41)47-33-40(21-26-55(47)67(56)43-13-6-3-7-14-43)44-15-8-16-51-60(44)68-57-28-22-39(34-52(57)61(51)49-17-9-29-64-58(49)59-50(61)18-10-30-65-59)38-20-25-54-46(32-38)45-31-37(36-62)19-24-53(45)66(54)42-11-4-2-5-12-42/h2-35H. The molecule has 8 aromatic carbocycles. The fourth-order valence-electron chi connectivity index (χ4n) is 11.3. The zero-order valence-electron chi connectivity index (χ0n) is 36.2. The second-order valence-corrected chi connectivity index (χ2v) is 18.6. The zero-order valence-corrected chi connectivity index (χ0v) is 37.0. The van der Waals surface area contributed by atoms with Crippen molar-refractivity contribution in [3.63, 3.8) is 0 Å². The van der Waals surface area contributed by atoms with Crippen molar-refractivity contribution >= 4 is 61.1 Å². The fourth-order valence-corrected chi connectivity index (χ4v) is 12.6. The van der Waals surface area contributed by atoms with Crippen LogP contribution in [0.3, 0.4) is 0 Å². The van der Waals surface area contributed by atoms with Crippen LogP contribution in [0.1, 0.15) is 27.8 Å². The van der Waals surface area contributed by atoms with E-state index in [0.29, 0.717) is 11.3 Å². The summed E-state index contributed by atoms with van der Waals surface area (Å²) in [4.78, 5) is 16.3. The third-order valence-electron chi connectivity index (χ3n) is 14.1. The molecule has 1 aliphatic heterocycles. The number of para-hydroxylation sites is 2.